The van der Waals surface area contributed by atoms with E-state index in [-0.39, 0.29) is 24.9 Å². The van der Waals surface area contributed by atoms with Gasteiger partial charge in [-0.25, -0.2) is 13.2 Å². The van der Waals surface area contributed by atoms with E-state index in [0.717, 1.165) is 6.54 Å². The van der Waals surface area contributed by atoms with Crippen molar-refractivity contribution in [3.63, 3.8) is 0 Å². The molecule has 0 aliphatic carbocycles. The Bertz CT molecular complexity index is 600. The van der Waals surface area contributed by atoms with Crippen LogP contribution in [-0.2, 0) is 24.3 Å². The molecule has 24 heavy (non-hydrogen) atoms. The molecule has 0 aromatic carbocycles. The van der Waals surface area contributed by atoms with Crippen LogP contribution in [0.1, 0.15) is 20.3 Å². The number of amides is 1. The lowest BCUT2D eigenvalue weighted by Gasteiger charge is -2.46. The molecular weight excluding hydrogens is 334 g/mol. The first-order valence-corrected chi connectivity index (χ1v) is 9.65. The number of rotatable bonds is 6. The molecular formula is C15H27N3O5S. The molecule has 2 saturated heterocycles. The molecule has 8 nitrogen and oxygen atoms in total. The van der Waals surface area contributed by atoms with Crippen LogP contribution in [0.2, 0.25) is 0 Å². The van der Waals surface area contributed by atoms with Gasteiger partial charge in [-0.05, 0) is 19.4 Å². The van der Waals surface area contributed by atoms with E-state index in [1.54, 1.807) is 19.0 Å². The zero-order valence-corrected chi connectivity index (χ0v) is 15.7. The van der Waals surface area contributed by atoms with Crippen LogP contribution in [0.15, 0.2) is 0 Å². The van der Waals surface area contributed by atoms with Gasteiger partial charge in [-0.15, -0.1) is 0 Å². The molecule has 2 heterocycles. The van der Waals surface area contributed by atoms with Crippen molar-refractivity contribution < 1.29 is 22.7 Å². The normalized spacial score (nSPS) is 24.2. The molecule has 0 spiro atoms. The number of esters is 1. The lowest BCUT2D eigenvalue weighted by atomic mass is 9.97. The second-order valence-corrected chi connectivity index (χ2v) is 9.03. The number of ether oxygens (including phenoxy) is 1. The fraction of sp³-hybridized carbons (Fsp3) is 0.867. The Balaban J connectivity index is 1.97. The third-order valence-corrected chi connectivity index (χ3v) is 7.26. The fourth-order valence-electron chi connectivity index (χ4n) is 3.27. The summed E-state index contributed by atoms with van der Waals surface area (Å²) in [6, 6.07) is -0.661. The first-order chi connectivity index (χ1) is 11.1. The average molecular weight is 361 g/mol. The molecule has 138 valence electrons. The molecule has 9 heteroatoms. The maximum Gasteiger partial charge on any atom is 0.328 e. The Labute approximate surface area is 143 Å². The van der Waals surface area contributed by atoms with Crippen molar-refractivity contribution in [2.45, 2.75) is 31.7 Å². The van der Waals surface area contributed by atoms with E-state index < -0.39 is 33.3 Å². The van der Waals surface area contributed by atoms with Gasteiger partial charge in [-0.1, -0.05) is 13.8 Å². The number of likely N-dealkylation sites (tertiary alicyclic amines) is 1. The standard InChI is InChI=1S/C15H27N3O5S/c1-10(2)13(15(20)23-5)17(4)14(19)11-8-18(9-11)24(21,22)12-6-7-16(12)3/h10-13H,6-9H2,1-5H3/t12-,13+/m1/s1. The van der Waals surface area contributed by atoms with Crippen molar-refractivity contribution >= 4 is 21.9 Å². The van der Waals surface area contributed by atoms with Crippen molar-refractivity contribution in [2.75, 3.05) is 40.8 Å². The summed E-state index contributed by atoms with van der Waals surface area (Å²) >= 11 is 0. The van der Waals surface area contributed by atoms with Crippen molar-refractivity contribution in [3.05, 3.63) is 0 Å². The number of carbonyl (C=O) groups excluding carboxylic acids is 2. The summed E-state index contributed by atoms with van der Waals surface area (Å²) in [5.41, 5.74) is 0. The quantitative estimate of drug-likeness (QED) is 0.597. The maximum atomic E-state index is 12.6. The van der Waals surface area contributed by atoms with E-state index in [0.29, 0.717) is 6.42 Å². The van der Waals surface area contributed by atoms with Crippen LogP contribution >= 0.6 is 0 Å². The molecule has 0 bridgehead atoms. The molecule has 2 rings (SSSR count). The minimum atomic E-state index is -3.37. The number of hydrogen-bond donors (Lipinski definition) is 0. The second-order valence-electron chi connectivity index (χ2n) is 6.94. The third kappa shape index (κ3) is 3.29. The number of carbonyl (C=O) groups is 2. The number of sulfonamides is 1. The largest absolute Gasteiger partial charge is 0.467 e. The number of nitrogens with zero attached hydrogens (tertiary/aromatic N) is 3. The molecule has 2 aliphatic rings. The molecule has 0 unspecified atom stereocenters. The van der Waals surface area contributed by atoms with Gasteiger partial charge in [0, 0.05) is 26.7 Å². The molecule has 1 amide bonds. The predicted octanol–water partition coefficient (Wildman–Crippen LogP) is -0.434. The second kappa shape index (κ2) is 6.97. The van der Waals surface area contributed by atoms with Crippen molar-refractivity contribution in [2.24, 2.45) is 11.8 Å². The highest BCUT2D eigenvalue weighted by atomic mass is 32.2. The Morgan fingerprint density at radius 1 is 1.25 bits per heavy atom. The van der Waals surface area contributed by atoms with Gasteiger partial charge in [0.05, 0.1) is 13.0 Å². The minimum absolute atomic E-state index is 0.0880. The summed E-state index contributed by atoms with van der Waals surface area (Å²) in [7, 11) is 1.28. The Kier molecular flexibility index (Phi) is 5.56. The van der Waals surface area contributed by atoms with Gasteiger partial charge in [0.2, 0.25) is 15.9 Å². The lowest BCUT2D eigenvalue weighted by Crippen LogP contribution is -2.63. The van der Waals surface area contributed by atoms with Crippen LogP contribution in [0.5, 0.6) is 0 Å². The van der Waals surface area contributed by atoms with Crippen molar-refractivity contribution in [1.29, 1.82) is 0 Å². The van der Waals surface area contributed by atoms with E-state index in [9.17, 15) is 18.0 Å². The minimum Gasteiger partial charge on any atom is -0.467 e. The van der Waals surface area contributed by atoms with Crippen LogP contribution in [0, 0.1) is 11.8 Å². The van der Waals surface area contributed by atoms with E-state index >= 15 is 0 Å². The van der Waals surface area contributed by atoms with Gasteiger partial charge in [0.25, 0.3) is 0 Å². The van der Waals surface area contributed by atoms with E-state index in [4.69, 9.17) is 4.74 Å². The van der Waals surface area contributed by atoms with Gasteiger partial charge in [-0.2, -0.15) is 4.31 Å². The van der Waals surface area contributed by atoms with Crippen LogP contribution in [-0.4, -0.2) is 86.7 Å². The summed E-state index contributed by atoms with van der Waals surface area (Å²) < 4.78 is 31.0. The van der Waals surface area contributed by atoms with Gasteiger partial charge in [0.15, 0.2) is 0 Å². The van der Waals surface area contributed by atoms with Crippen LogP contribution in [0.25, 0.3) is 0 Å². The molecule has 0 radical (unpaired) electrons. The van der Waals surface area contributed by atoms with Crippen LogP contribution in [0.4, 0.5) is 0 Å². The Morgan fingerprint density at radius 3 is 2.21 bits per heavy atom. The van der Waals surface area contributed by atoms with Crippen molar-refractivity contribution in [3.8, 4) is 0 Å². The molecule has 0 aromatic rings. The van der Waals surface area contributed by atoms with E-state index in [1.807, 2.05) is 13.8 Å². The molecule has 0 N–H and O–H groups in total. The first kappa shape index (κ1) is 19.1. The van der Waals surface area contributed by atoms with Gasteiger partial charge < -0.3 is 9.64 Å². The lowest BCUT2D eigenvalue weighted by molar-refractivity contribution is -0.156. The maximum absolute atomic E-state index is 12.6. The van der Waals surface area contributed by atoms with E-state index in [1.165, 1.54) is 16.3 Å². The highest BCUT2D eigenvalue weighted by molar-refractivity contribution is 7.89. The van der Waals surface area contributed by atoms with Gasteiger partial charge >= 0.3 is 5.97 Å². The van der Waals surface area contributed by atoms with Crippen LogP contribution < -0.4 is 0 Å². The highest BCUT2D eigenvalue weighted by Crippen LogP contribution is 2.30. The fourth-order valence-corrected chi connectivity index (χ4v) is 5.35. The smallest absolute Gasteiger partial charge is 0.328 e. The Morgan fingerprint density at radius 2 is 1.83 bits per heavy atom. The zero-order valence-electron chi connectivity index (χ0n) is 14.9. The summed E-state index contributed by atoms with van der Waals surface area (Å²) in [5, 5.41) is -0.468. The molecule has 0 saturated carbocycles. The molecule has 2 atom stereocenters. The van der Waals surface area contributed by atoms with Gasteiger partial charge in [0.1, 0.15) is 11.4 Å². The summed E-state index contributed by atoms with van der Waals surface area (Å²) in [5.74, 6) is -1.16. The van der Waals surface area contributed by atoms with E-state index in [2.05, 4.69) is 0 Å². The average Bonchev–Trinajstić information content (AvgIpc) is 2.42. The molecule has 2 aliphatic heterocycles. The highest BCUT2D eigenvalue weighted by Gasteiger charge is 2.48. The SMILES string of the molecule is COC(=O)[C@H](C(C)C)N(C)C(=O)C1CN(S(=O)(=O)[C@@H]2CCN2C)C1. The Hall–Kier alpha value is -1.19. The molecule has 0 aromatic heterocycles. The third-order valence-electron chi connectivity index (χ3n) is 4.96. The number of methoxy groups -OCH3 is 1. The number of hydrogen-bond acceptors (Lipinski definition) is 6. The zero-order chi connectivity index (χ0) is 18.2. The topological polar surface area (TPSA) is 87.2 Å². The first-order valence-electron chi connectivity index (χ1n) is 8.15. The van der Waals surface area contributed by atoms with Crippen molar-refractivity contribution in [1.82, 2.24) is 14.1 Å². The van der Waals surface area contributed by atoms with Crippen LogP contribution in [0.3, 0.4) is 0 Å². The predicted molar refractivity (Wildman–Crippen MR) is 88.4 cm³/mol. The summed E-state index contributed by atoms with van der Waals surface area (Å²) in [6.07, 6.45) is 0.631. The summed E-state index contributed by atoms with van der Waals surface area (Å²) in [6.45, 7) is 4.83. The number of likely N-dealkylation sites (N-methyl/N-ethyl adjacent to an activating group) is 1. The summed E-state index contributed by atoms with van der Waals surface area (Å²) in [4.78, 5) is 27.6. The molecule has 2 fully saturated rings. The van der Waals surface area contributed by atoms with Gasteiger partial charge in [-0.3, -0.25) is 9.69 Å². The monoisotopic (exact) mass is 361 g/mol.